The van der Waals surface area contributed by atoms with Crippen LogP contribution in [0.4, 0.5) is 0 Å². The first kappa shape index (κ1) is 14.3. The number of piperazine rings is 1. The van der Waals surface area contributed by atoms with Crippen LogP contribution in [0.15, 0.2) is 0 Å². The molecule has 3 heteroatoms. The molecule has 0 bridgehead atoms. The standard InChI is InChI=1S/C15H30N2O/c1-15(2)12-17(11-13(16-15)9-10-18)14-7-5-3-4-6-8-14/h13-14,16,18H,3-12H2,1-2H3. The zero-order valence-corrected chi connectivity index (χ0v) is 12.1. The van der Waals surface area contributed by atoms with E-state index < -0.39 is 0 Å². The molecule has 1 atom stereocenters. The Morgan fingerprint density at radius 1 is 1.17 bits per heavy atom. The average Bonchev–Trinajstić information content (AvgIpc) is 2.55. The van der Waals surface area contributed by atoms with E-state index in [1.54, 1.807) is 0 Å². The Labute approximate surface area is 112 Å². The number of nitrogens with one attached hydrogen (secondary N) is 1. The van der Waals surface area contributed by atoms with Crippen LogP contribution in [0.5, 0.6) is 0 Å². The van der Waals surface area contributed by atoms with Crippen LogP contribution in [0.1, 0.15) is 58.8 Å². The van der Waals surface area contributed by atoms with Gasteiger partial charge in [-0.05, 0) is 33.1 Å². The summed E-state index contributed by atoms with van der Waals surface area (Å²) in [7, 11) is 0. The van der Waals surface area contributed by atoms with Crippen LogP contribution < -0.4 is 5.32 Å². The third kappa shape index (κ3) is 3.94. The first-order valence-electron chi connectivity index (χ1n) is 7.73. The van der Waals surface area contributed by atoms with Crippen molar-refractivity contribution >= 4 is 0 Å². The molecule has 0 aromatic rings. The van der Waals surface area contributed by atoms with Crippen molar-refractivity contribution in [3.8, 4) is 0 Å². The summed E-state index contributed by atoms with van der Waals surface area (Å²) in [6.07, 6.45) is 9.29. The van der Waals surface area contributed by atoms with E-state index in [0.717, 1.165) is 25.6 Å². The molecule has 1 saturated heterocycles. The van der Waals surface area contributed by atoms with E-state index in [4.69, 9.17) is 0 Å². The van der Waals surface area contributed by atoms with Crippen molar-refractivity contribution < 1.29 is 5.11 Å². The van der Waals surface area contributed by atoms with Crippen molar-refractivity contribution in [1.82, 2.24) is 10.2 Å². The van der Waals surface area contributed by atoms with Crippen molar-refractivity contribution in [2.24, 2.45) is 0 Å². The predicted molar refractivity (Wildman–Crippen MR) is 75.8 cm³/mol. The highest BCUT2D eigenvalue weighted by Gasteiger charge is 2.34. The average molecular weight is 254 g/mol. The molecule has 0 radical (unpaired) electrons. The van der Waals surface area contributed by atoms with Gasteiger partial charge in [0.15, 0.2) is 0 Å². The summed E-state index contributed by atoms with van der Waals surface area (Å²) in [4.78, 5) is 2.70. The maximum absolute atomic E-state index is 9.17. The van der Waals surface area contributed by atoms with Gasteiger partial charge in [-0.2, -0.15) is 0 Å². The summed E-state index contributed by atoms with van der Waals surface area (Å²) < 4.78 is 0. The number of rotatable bonds is 3. The maximum atomic E-state index is 9.17. The maximum Gasteiger partial charge on any atom is 0.0446 e. The van der Waals surface area contributed by atoms with Gasteiger partial charge in [0.05, 0.1) is 0 Å². The van der Waals surface area contributed by atoms with Gasteiger partial charge in [-0.15, -0.1) is 0 Å². The van der Waals surface area contributed by atoms with E-state index in [2.05, 4.69) is 24.1 Å². The van der Waals surface area contributed by atoms with Gasteiger partial charge in [-0.3, -0.25) is 4.90 Å². The Morgan fingerprint density at radius 2 is 1.83 bits per heavy atom. The molecule has 106 valence electrons. The van der Waals surface area contributed by atoms with Gasteiger partial charge in [0.1, 0.15) is 0 Å². The molecule has 2 aliphatic rings. The molecule has 1 unspecified atom stereocenters. The van der Waals surface area contributed by atoms with Gasteiger partial charge in [0.25, 0.3) is 0 Å². The SMILES string of the molecule is CC1(C)CN(C2CCCCCC2)CC(CCO)N1. The lowest BCUT2D eigenvalue weighted by molar-refractivity contribution is 0.0631. The Kier molecular flexibility index (Phi) is 5.05. The van der Waals surface area contributed by atoms with Crippen LogP contribution in [-0.4, -0.2) is 47.3 Å². The zero-order valence-electron chi connectivity index (χ0n) is 12.1. The third-order valence-corrected chi connectivity index (χ3v) is 4.47. The molecule has 0 spiro atoms. The van der Waals surface area contributed by atoms with Crippen molar-refractivity contribution in [2.45, 2.75) is 76.4 Å². The Morgan fingerprint density at radius 3 is 2.44 bits per heavy atom. The first-order valence-corrected chi connectivity index (χ1v) is 7.73. The minimum atomic E-state index is 0.185. The van der Waals surface area contributed by atoms with Crippen LogP contribution >= 0.6 is 0 Å². The molecule has 0 aromatic carbocycles. The number of hydrogen-bond donors (Lipinski definition) is 2. The molecule has 2 rings (SSSR count). The minimum Gasteiger partial charge on any atom is -0.396 e. The van der Waals surface area contributed by atoms with Gasteiger partial charge in [0, 0.05) is 37.3 Å². The van der Waals surface area contributed by atoms with Crippen molar-refractivity contribution in [1.29, 1.82) is 0 Å². The molecule has 1 aliphatic heterocycles. The molecule has 1 saturated carbocycles. The fourth-order valence-corrected chi connectivity index (χ4v) is 3.72. The van der Waals surface area contributed by atoms with E-state index >= 15 is 0 Å². The number of aliphatic hydroxyl groups excluding tert-OH is 1. The molecule has 0 aromatic heterocycles. The quantitative estimate of drug-likeness (QED) is 0.758. The number of nitrogens with zero attached hydrogens (tertiary/aromatic N) is 1. The van der Waals surface area contributed by atoms with E-state index in [1.807, 2.05) is 0 Å². The van der Waals surface area contributed by atoms with Gasteiger partial charge >= 0.3 is 0 Å². The monoisotopic (exact) mass is 254 g/mol. The lowest BCUT2D eigenvalue weighted by atomic mass is 9.94. The summed E-state index contributed by atoms with van der Waals surface area (Å²) in [5.74, 6) is 0. The van der Waals surface area contributed by atoms with E-state index in [1.165, 1.54) is 38.5 Å². The molecule has 2 fully saturated rings. The second-order valence-corrected chi connectivity index (χ2v) is 6.81. The van der Waals surface area contributed by atoms with Crippen LogP contribution in [0.3, 0.4) is 0 Å². The molecule has 3 nitrogen and oxygen atoms in total. The molecule has 18 heavy (non-hydrogen) atoms. The molecule has 1 aliphatic carbocycles. The number of aliphatic hydroxyl groups is 1. The summed E-state index contributed by atoms with van der Waals surface area (Å²) in [6, 6.07) is 1.25. The van der Waals surface area contributed by atoms with Gasteiger partial charge < -0.3 is 10.4 Å². The third-order valence-electron chi connectivity index (χ3n) is 4.47. The van der Waals surface area contributed by atoms with Gasteiger partial charge in [-0.1, -0.05) is 25.7 Å². The van der Waals surface area contributed by atoms with Gasteiger partial charge in [0.2, 0.25) is 0 Å². The zero-order chi connectivity index (χ0) is 13.0. The Balaban J connectivity index is 1.97. The largest absolute Gasteiger partial charge is 0.396 e. The van der Waals surface area contributed by atoms with Crippen LogP contribution in [-0.2, 0) is 0 Å². The van der Waals surface area contributed by atoms with Crippen LogP contribution in [0.2, 0.25) is 0 Å². The Hall–Kier alpha value is -0.120. The van der Waals surface area contributed by atoms with Crippen molar-refractivity contribution in [2.75, 3.05) is 19.7 Å². The molecular weight excluding hydrogens is 224 g/mol. The van der Waals surface area contributed by atoms with E-state index in [9.17, 15) is 5.11 Å². The minimum absolute atomic E-state index is 0.185. The van der Waals surface area contributed by atoms with E-state index in [-0.39, 0.29) is 5.54 Å². The molecular formula is C15H30N2O. The fourth-order valence-electron chi connectivity index (χ4n) is 3.72. The molecule has 0 amide bonds. The van der Waals surface area contributed by atoms with Crippen LogP contribution in [0, 0.1) is 0 Å². The second-order valence-electron chi connectivity index (χ2n) is 6.81. The lowest BCUT2D eigenvalue weighted by Crippen LogP contribution is -2.63. The summed E-state index contributed by atoms with van der Waals surface area (Å²) in [5, 5.41) is 12.8. The molecule has 1 heterocycles. The smallest absolute Gasteiger partial charge is 0.0446 e. The van der Waals surface area contributed by atoms with Crippen LogP contribution in [0.25, 0.3) is 0 Å². The number of hydrogen-bond acceptors (Lipinski definition) is 3. The highest BCUT2D eigenvalue weighted by atomic mass is 16.3. The summed E-state index contributed by atoms with van der Waals surface area (Å²) >= 11 is 0. The lowest BCUT2D eigenvalue weighted by Gasteiger charge is -2.47. The topological polar surface area (TPSA) is 35.5 Å². The highest BCUT2D eigenvalue weighted by molar-refractivity contribution is 4.94. The summed E-state index contributed by atoms with van der Waals surface area (Å²) in [6.45, 7) is 7.15. The van der Waals surface area contributed by atoms with Crippen molar-refractivity contribution in [3.63, 3.8) is 0 Å². The predicted octanol–water partition coefficient (Wildman–Crippen LogP) is 2.14. The fraction of sp³-hybridized carbons (Fsp3) is 1.00. The summed E-state index contributed by atoms with van der Waals surface area (Å²) in [5.41, 5.74) is 0.185. The van der Waals surface area contributed by atoms with Gasteiger partial charge in [-0.25, -0.2) is 0 Å². The highest BCUT2D eigenvalue weighted by Crippen LogP contribution is 2.26. The van der Waals surface area contributed by atoms with E-state index in [0.29, 0.717) is 12.6 Å². The molecule has 2 N–H and O–H groups in total. The first-order chi connectivity index (χ1) is 8.61. The normalized spacial score (nSPS) is 31.2. The van der Waals surface area contributed by atoms with Crippen molar-refractivity contribution in [3.05, 3.63) is 0 Å². The Bertz CT molecular complexity index is 247. The second kappa shape index (κ2) is 6.36.